The summed E-state index contributed by atoms with van der Waals surface area (Å²) in [4.78, 5) is 9.34. The lowest BCUT2D eigenvalue weighted by molar-refractivity contribution is -0.104. The molecule has 2 fully saturated rings. The highest BCUT2D eigenvalue weighted by atomic mass is 127. The van der Waals surface area contributed by atoms with Gasteiger partial charge in [0, 0.05) is 33.7 Å². The maximum absolute atomic E-state index is 6.37. The lowest BCUT2D eigenvalue weighted by Crippen LogP contribution is -2.46. The van der Waals surface area contributed by atoms with Crippen molar-refractivity contribution < 1.29 is 4.74 Å². The Hall–Kier alpha value is -1.01. The molecule has 0 amide bonds. The quantitative estimate of drug-likeness (QED) is 0.359. The van der Waals surface area contributed by atoms with Gasteiger partial charge in [-0.15, -0.1) is 0 Å². The summed E-state index contributed by atoms with van der Waals surface area (Å²) >= 11 is 2.39. The molecule has 4 heteroatoms. The Morgan fingerprint density at radius 3 is 2.71 bits per heavy atom. The van der Waals surface area contributed by atoms with E-state index in [1.165, 1.54) is 59.8 Å². The molecule has 28 heavy (non-hydrogen) atoms. The van der Waals surface area contributed by atoms with E-state index < -0.39 is 0 Å². The number of hydrogen-bond donors (Lipinski definition) is 0. The number of ether oxygens (including phenoxy) is 1. The number of rotatable bonds is 6. The van der Waals surface area contributed by atoms with Crippen LogP contribution in [0.15, 0.2) is 36.7 Å². The Bertz CT molecular complexity index is 788. The maximum Gasteiger partial charge on any atom is 0.0691 e. The molecule has 0 radical (unpaired) electrons. The van der Waals surface area contributed by atoms with Gasteiger partial charge >= 0.3 is 0 Å². The highest BCUT2D eigenvalue weighted by Crippen LogP contribution is 2.50. The van der Waals surface area contributed by atoms with Gasteiger partial charge in [-0.05, 0) is 98.2 Å². The Labute approximate surface area is 182 Å². The molecule has 1 saturated carbocycles. The van der Waals surface area contributed by atoms with Gasteiger partial charge in [-0.1, -0.05) is 25.3 Å². The SMILES string of the molecule is Cc1ncc(CCCC[C@@]2(c3ccccn3)CCOC3(CCCC3)C2)cc1I. The standard InChI is InChI=1S/C24H31IN2O/c1-19-21(25)16-20(17-27-19)8-2-4-10-23(22-9-3-7-14-26-22)13-15-28-24(18-23)11-5-6-12-24/h3,7,9,14,16-17H,2,4-6,8,10-13,15,18H2,1H3/t23-/m1/s1. The average molecular weight is 490 g/mol. The molecule has 0 aromatic carbocycles. The first-order chi connectivity index (χ1) is 13.6. The van der Waals surface area contributed by atoms with Gasteiger partial charge in [0.15, 0.2) is 0 Å². The van der Waals surface area contributed by atoms with Gasteiger partial charge in [-0.25, -0.2) is 0 Å². The third kappa shape index (κ3) is 4.43. The summed E-state index contributed by atoms with van der Waals surface area (Å²) in [6.07, 6.45) is 16.1. The predicted molar refractivity (Wildman–Crippen MR) is 122 cm³/mol. The Kier molecular flexibility index (Phi) is 6.36. The van der Waals surface area contributed by atoms with Crippen molar-refractivity contribution in [3.63, 3.8) is 0 Å². The summed E-state index contributed by atoms with van der Waals surface area (Å²) in [5.41, 5.74) is 4.08. The molecule has 2 aromatic rings. The molecule has 1 spiro atoms. The van der Waals surface area contributed by atoms with Crippen molar-refractivity contribution in [2.75, 3.05) is 6.61 Å². The first-order valence-electron chi connectivity index (χ1n) is 10.8. The second-order valence-corrected chi connectivity index (χ2v) is 9.94. The van der Waals surface area contributed by atoms with Crippen LogP contribution in [0.3, 0.4) is 0 Å². The zero-order chi connectivity index (χ0) is 19.5. The number of hydrogen-bond acceptors (Lipinski definition) is 3. The summed E-state index contributed by atoms with van der Waals surface area (Å²) in [5.74, 6) is 0. The largest absolute Gasteiger partial charge is 0.375 e. The van der Waals surface area contributed by atoms with E-state index in [0.29, 0.717) is 0 Å². The number of halogens is 1. The second-order valence-electron chi connectivity index (χ2n) is 8.78. The highest BCUT2D eigenvalue weighted by molar-refractivity contribution is 14.1. The van der Waals surface area contributed by atoms with E-state index in [1.807, 2.05) is 18.5 Å². The lowest BCUT2D eigenvalue weighted by Gasteiger charge is -2.46. The molecule has 2 aromatic heterocycles. The fourth-order valence-corrected chi connectivity index (χ4v) is 5.81. The van der Waals surface area contributed by atoms with E-state index >= 15 is 0 Å². The zero-order valence-electron chi connectivity index (χ0n) is 16.9. The molecular weight excluding hydrogens is 459 g/mol. The first kappa shape index (κ1) is 20.3. The Balaban J connectivity index is 1.45. The van der Waals surface area contributed by atoms with Crippen LogP contribution in [0.5, 0.6) is 0 Å². The molecule has 1 atom stereocenters. The molecule has 1 aliphatic carbocycles. The minimum Gasteiger partial charge on any atom is -0.375 e. The molecule has 0 N–H and O–H groups in total. The number of nitrogens with zero attached hydrogens (tertiary/aromatic N) is 2. The molecule has 2 aliphatic rings. The van der Waals surface area contributed by atoms with E-state index in [1.54, 1.807) is 0 Å². The lowest BCUT2D eigenvalue weighted by atomic mass is 9.67. The number of aromatic nitrogens is 2. The van der Waals surface area contributed by atoms with Crippen molar-refractivity contribution in [1.82, 2.24) is 9.97 Å². The normalized spacial score (nSPS) is 23.9. The molecule has 0 bridgehead atoms. The molecule has 3 heterocycles. The van der Waals surface area contributed by atoms with E-state index in [2.05, 4.69) is 52.7 Å². The van der Waals surface area contributed by atoms with Crippen LogP contribution in [0.25, 0.3) is 0 Å². The summed E-state index contributed by atoms with van der Waals surface area (Å²) in [6.45, 7) is 2.96. The van der Waals surface area contributed by atoms with Crippen molar-refractivity contribution in [1.29, 1.82) is 0 Å². The fourth-order valence-electron chi connectivity index (χ4n) is 5.27. The van der Waals surface area contributed by atoms with Crippen LogP contribution in [-0.4, -0.2) is 22.2 Å². The van der Waals surface area contributed by atoms with Gasteiger partial charge in [0.25, 0.3) is 0 Å². The number of pyridine rings is 2. The van der Waals surface area contributed by atoms with Gasteiger partial charge in [0.05, 0.1) is 11.3 Å². The third-order valence-electron chi connectivity index (χ3n) is 6.83. The number of aryl methyl sites for hydroxylation is 2. The van der Waals surface area contributed by atoms with Gasteiger partial charge in [0.2, 0.25) is 0 Å². The molecule has 3 nitrogen and oxygen atoms in total. The van der Waals surface area contributed by atoms with Crippen LogP contribution in [0.1, 0.15) is 74.7 Å². The minimum absolute atomic E-state index is 0.118. The van der Waals surface area contributed by atoms with Crippen LogP contribution < -0.4 is 0 Å². The van der Waals surface area contributed by atoms with Crippen LogP contribution in [0.2, 0.25) is 0 Å². The summed E-state index contributed by atoms with van der Waals surface area (Å²) in [6, 6.07) is 8.73. The average Bonchev–Trinajstić information content (AvgIpc) is 3.16. The highest BCUT2D eigenvalue weighted by Gasteiger charge is 2.48. The van der Waals surface area contributed by atoms with Gasteiger partial charge in [-0.2, -0.15) is 0 Å². The van der Waals surface area contributed by atoms with E-state index in [-0.39, 0.29) is 11.0 Å². The third-order valence-corrected chi connectivity index (χ3v) is 7.92. The first-order valence-corrected chi connectivity index (χ1v) is 11.9. The number of unbranched alkanes of at least 4 members (excludes halogenated alkanes) is 1. The minimum atomic E-state index is 0.118. The Morgan fingerprint density at radius 2 is 1.96 bits per heavy atom. The van der Waals surface area contributed by atoms with Crippen molar-refractivity contribution in [3.8, 4) is 0 Å². The molecular formula is C24H31IN2O. The molecule has 150 valence electrons. The summed E-state index contributed by atoms with van der Waals surface area (Å²) < 4.78 is 7.64. The predicted octanol–water partition coefficient (Wildman–Crippen LogP) is 6.16. The maximum atomic E-state index is 6.37. The van der Waals surface area contributed by atoms with E-state index in [9.17, 15) is 0 Å². The van der Waals surface area contributed by atoms with Crippen molar-refractivity contribution in [2.24, 2.45) is 0 Å². The van der Waals surface area contributed by atoms with Gasteiger partial charge in [0.1, 0.15) is 0 Å². The van der Waals surface area contributed by atoms with Crippen LogP contribution >= 0.6 is 22.6 Å². The van der Waals surface area contributed by atoms with Crippen molar-refractivity contribution >= 4 is 22.6 Å². The second kappa shape index (κ2) is 8.78. The van der Waals surface area contributed by atoms with Crippen molar-refractivity contribution in [2.45, 2.75) is 82.1 Å². The Morgan fingerprint density at radius 1 is 1.11 bits per heavy atom. The van der Waals surface area contributed by atoms with Crippen LogP contribution in [-0.2, 0) is 16.6 Å². The molecule has 1 aliphatic heterocycles. The summed E-state index contributed by atoms with van der Waals surface area (Å²) in [5, 5.41) is 0. The molecule has 0 unspecified atom stereocenters. The topological polar surface area (TPSA) is 35.0 Å². The van der Waals surface area contributed by atoms with Crippen LogP contribution in [0, 0.1) is 10.5 Å². The zero-order valence-corrected chi connectivity index (χ0v) is 19.1. The van der Waals surface area contributed by atoms with Gasteiger partial charge < -0.3 is 4.74 Å². The monoisotopic (exact) mass is 490 g/mol. The van der Waals surface area contributed by atoms with Gasteiger partial charge in [-0.3, -0.25) is 9.97 Å². The van der Waals surface area contributed by atoms with E-state index in [0.717, 1.165) is 31.6 Å². The van der Waals surface area contributed by atoms with Crippen molar-refractivity contribution in [3.05, 3.63) is 57.2 Å². The smallest absolute Gasteiger partial charge is 0.0691 e. The van der Waals surface area contributed by atoms with E-state index in [4.69, 9.17) is 9.72 Å². The molecule has 4 rings (SSSR count). The summed E-state index contributed by atoms with van der Waals surface area (Å²) in [7, 11) is 0. The fraction of sp³-hybridized carbons (Fsp3) is 0.583. The van der Waals surface area contributed by atoms with Crippen LogP contribution in [0.4, 0.5) is 0 Å². The molecule has 1 saturated heterocycles.